The van der Waals surface area contributed by atoms with E-state index in [4.69, 9.17) is 9.63 Å². The Bertz CT molecular complexity index is 284. The molecule has 0 spiro atoms. The number of nitrogens with zero attached hydrogens (tertiary/aromatic N) is 1. The Labute approximate surface area is 65.0 Å². The summed E-state index contributed by atoms with van der Waals surface area (Å²) in [5.41, 5.74) is 1.54. The molecule has 0 fully saturated rings. The maximum atomic E-state index is 8.42. The zero-order chi connectivity index (χ0) is 8.27. The van der Waals surface area contributed by atoms with Crippen molar-refractivity contribution in [3.63, 3.8) is 0 Å². The highest BCUT2D eigenvalue weighted by atomic mass is 16.5. The summed E-state index contributed by atoms with van der Waals surface area (Å²) < 4.78 is 4.86. The van der Waals surface area contributed by atoms with Crippen molar-refractivity contribution < 1.29 is 9.63 Å². The lowest BCUT2D eigenvalue weighted by Crippen LogP contribution is -1.80. The highest BCUT2D eigenvalue weighted by Gasteiger charge is 2.04. The number of hydrogen-bond acceptors (Lipinski definition) is 3. The molecule has 58 valence electrons. The summed E-state index contributed by atoms with van der Waals surface area (Å²) in [6.07, 6.45) is 0. The van der Waals surface area contributed by atoms with Crippen molar-refractivity contribution in [2.45, 2.75) is 13.8 Å². The van der Waals surface area contributed by atoms with Gasteiger partial charge in [-0.15, -0.1) is 0 Å². The zero-order valence-electron chi connectivity index (χ0n) is 6.51. The van der Waals surface area contributed by atoms with Crippen LogP contribution in [0.3, 0.4) is 0 Å². The molecule has 3 heteroatoms. The number of aliphatic hydroxyl groups is 1. The van der Waals surface area contributed by atoms with Crippen LogP contribution >= 0.6 is 0 Å². The first kappa shape index (κ1) is 7.83. The van der Waals surface area contributed by atoms with E-state index in [0.29, 0.717) is 5.76 Å². The minimum Gasteiger partial charge on any atom is -0.384 e. The van der Waals surface area contributed by atoms with Crippen molar-refractivity contribution in [1.29, 1.82) is 0 Å². The van der Waals surface area contributed by atoms with Crippen LogP contribution in [-0.4, -0.2) is 16.9 Å². The van der Waals surface area contributed by atoms with Gasteiger partial charge in [-0.3, -0.25) is 0 Å². The highest BCUT2D eigenvalue weighted by Crippen LogP contribution is 2.09. The van der Waals surface area contributed by atoms with Crippen molar-refractivity contribution >= 4 is 0 Å². The first-order valence-corrected chi connectivity index (χ1v) is 3.28. The van der Waals surface area contributed by atoms with Crippen molar-refractivity contribution in [2.75, 3.05) is 6.61 Å². The summed E-state index contributed by atoms with van der Waals surface area (Å²) in [6.45, 7) is 3.48. The molecule has 1 rings (SSSR count). The summed E-state index contributed by atoms with van der Waals surface area (Å²) in [4.78, 5) is 0. The van der Waals surface area contributed by atoms with Gasteiger partial charge < -0.3 is 9.63 Å². The Morgan fingerprint density at radius 2 is 2.27 bits per heavy atom. The van der Waals surface area contributed by atoms with E-state index in [9.17, 15) is 0 Å². The normalized spacial score (nSPS) is 9.00. The van der Waals surface area contributed by atoms with Gasteiger partial charge in [0.2, 0.25) is 0 Å². The number of aliphatic hydroxyl groups excluding tert-OH is 1. The topological polar surface area (TPSA) is 46.3 Å². The van der Waals surface area contributed by atoms with E-state index in [1.807, 2.05) is 6.92 Å². The van der Waals surface area contributed by atoms with Gasteiger partial charge in [0.05, 0.1) is 11.3 Å². The molecule has 1 heterocycles. The van der Waals surface area contributed by atoms with Crippen LogP contribution in [0.5, 0.6) is 0 Å². The smallest absolute Gasteiger partial charge is 0.149 e. The first-order valence-electron chi connectivity index (χ1n) is 3.28. The third-order valence-corrected chi connectivity index (χ3v) is 1.33. The predicted octanol–water partition coefficient (Wildman–Crippen LogP) is 0.635. The minimum atomic E-state index is -0.135. The van der Waals surface area contributed by atoms with E-state index in [-0.39, 0.29) is 6.61 Å². The molecule has 0 unspecified atom stereocenters. The molecule has 1 N–H and O–H groups in total. The Morgan fingerprint density at radius 3 is 2.73 bits per heavy atom. The second kappa shape index (κ2) is 3.22. The zero-order valence-corrected chi connectivity index (χ0v) is 6.51. The average Bonchev–Trinajstić information content (AvgIpc) is 2.29. The highest BCUT2D eigenvalue weighted by molar-refractivity contribution is 5.39. The van der Waals surface area contributed by atoms with Gasteiger partial charge >= 0.3 is 0 Å². The molecule has 0 saturated heterocycles. The number of aryl methyl sites for hydroxylation is 2. The fraction of sp³-hybridized carbons (Fsp3) is 0.375. The monoisotopic (exact) mass is 151 g/mol. The SMILES string of the molecule is Cc1noc(C)c1C#CCO. The fourth-order valence-electron chi connectivity index (χ4n) is 0.789. The van der Waals surface area contributed by atoms with E-state index < -0.39 is 0 Å². The summed E-state index contributed by atoms with van der Waals surface area (Å²) in [6, 6.07) is 0. The van der Waals surface area contributed by atoms with Crippen LogP contribution in [0.25, 0.3) is 0 Å². The lowest BCUT2D eigenvalue weighted by molar-refractivity contribution is 0.350. The molecule has 0 bridgehead atoms. The first-order chi connectivity index (χ1) is 5.25. The van der Waals surface area contributed by atoms with Crippen molar-refractivity contribution in [1.82, 2.24) is 5.16 Å². The third kappa shape index (κ3) is 1.60. The molecule has 3 nitrogen and oxygen atoms in total. The molecule has 0 aliphatic carbocycles. The standard InChI is InChI=1S/C8H9NO2/c1-6-8(4-3-5-10)7(2)11-9-6/h10H,5H2,1-2H3. The molecule has 0 atom stereocenters. The predicted molar refractivity (Wildman–Crippen MR) is 39.9 cm³/mol. The quantitative estimate of drug-likeness (QED) is 0.553. The van der Waals surface area contributed by atoms with Gasteiger partial charge in [-0.2, -0.15) is 0 Å². The molecule has 0 aliphatic rings. The van der Waals surface area contributed by atoms with E-state index in [0.717, 1.165) is 11.3 Å². The minimum absolute atomic E-state index is 0.135. The molecule has 0 aromatic carbocycles. The Morgan fingerprint density at radius 1 is 1.55 bits per heavy atom. The third-order valence-electron chi connectivity index (χ3n) is 1.33. The summed E-state index contributed by atoms with van der Waals surface area (Å²) in [5.74, 6) is 5.99. The van der Waals surface area contributed by atoms with Crippen LogP contribution in [-0.2, 0) is 0 Å². The molecule has 0 saturated carbocycles. The maximum Gasteiger partial charge on any atom is 0.149 e. The molecule has 1 aromatic rings. The van der Waals surface area contributed by atoms with E-state index in [1.54, 1.807) is 6.92 Å². The molecular weight excluding hydrogens is 142 g/mol. The second-order valence-electron chi connectivity index (χ2n) is 2.16. The van der Waals surface area contributed by atoms with Crippen LogP contribution in [0.4, 0.5) is 0 Å². The number of hydrogen-bond donors (Lipinski definition) is 1. The molecule has 11 heavy (non-hydrogen) atoms. The van der Waals surface area contributed by atoms with Crippen molar-refractivity contribution in [3.8, 4) is 11.8 Å². The Hall–Kier alpha value is -1.27. The van der Waals surface area contributed by atoms with Crippen LogP contribution in [0.15, 0.2) is 4.52 Å². The second-order valence-corrected chi connectivity index (χ2v) is 2.16. The van der Waals surface area contributed by atoms with Crippen molar-refractivity contribution in [2.24, 2.45) is 0 Å². The number of rotatable bonds is 0. The van der Waals surface area contributed by atoms with Gasteiger partial charge in [0, 0.05) is 0 Å². The fourth-order valence-corrected chi connectivity index (χ4v) is 0.789. The van der Waals surface area contributed by atoms with Gasteiger partial charge in [-0.25, -0.2) is 0 Å². The van der Waals surface area contributed by atoms with Crippen LogP contribution in [0.1, 0.15) is 17.0 Å². The summed E-state index contributed by atoms with van der Waals surface area (Å²) >= 11 is 0. The van der Waals surface area contributed by atoms with Gasteiger partial charge in [0.25, 0.3) is 0 Å². The summed E-state index contributed by atoms with van der Waals surface area (Å²) in [5, 5.41) is 12.1. The lowest BCUT2D eigenvalue weighted by atomic mass is 10.2. The van der Waals surface area contributed by atoms with Crippen molar-refractivity contribution in [3.05, 3.63) is 17.0 Å². The summed E-state index contributed by atoms with van der Waals surface area (Å²) in [7, 11) is 0. The van der Waals surface area contributed by atoms with E-state index in [1.165, 1.54) is 0 Å². The lowest BCUT2D eigenvalue weighted by Gasteiger charge is -1.82. The molecule has 0 amide bonds. The van der Waals surface area contributed by atoms with Gasteiger partial charge in [-0.05, 0) is 13.8 Å². The van der Waals surface area contributed by atoms with Gasteiger partial charge in [0.1, 0.15) is 12.4 Å². The molecular formula is C8H9NO2. The van der Waals surface area contributed by atoms with Crippen LogP contribution in [0, 0.1) is 25.7 Å². The molecule has 0 radical (unpaired) electrons. The molecule has 1 aromatic heterocycles. The van der Waals surface area contributed by atoms with Gasteiger partial charge in [0.15, 0.2) is 0 Å². The van der Waals surface area contributed by atoms with Crippen LogP contribution in [0.2, 0.25) is 0 Å². The maximum absolute atomic E-state index is 8.42. The Balaban J connectivity index is 3.01. The Kier molecular flexibility index (Phi) is 2.29. The molecule has 0 aliphatic heterocycles. The van der Waals surface area contributed by atoms with E-state index in [2.05, 4.69) is 17.0 Å². The average molecular weight is 151 g/mol. The van der Waals surface area contributed by atoms with Gasteiger partial charge in [-0.1, -0.05) is 17.0 Å². The van der Waals surface area contributed by atoms with Crippen LogP contribution < -0.4 is 0 Å². The van der Waals surface area contributed by atoms with E-state index >= 15 is 0 Å². The largest absolute Gasteiger partial charge is 0.384 e. The number of aromatic nitrogens is 1.